The minimum atomic E-state index is 0.110. The normalized spacial score (nSPS) is 20.6. The SMILES string of the molecule is CNCC1CCCN(C(=O)c2cnn(C)c2)C1. The molecule has 0 radical (unpaired) electrons. The molecular weight excluding hydrogens is 216 g/mol. The highest BCUT2D eigenvalue weighted by Gasteiger charge is 2.24. The molecule has 0 aliphatic carbocycles. The minimum Gasteiger partial charge on any atom is -0.338 e. The third-order valence-corrected chi connectivity index (χ3v) is 3.25. The van der Waals surface area contributed by atoms with Gasteiger partial charge >= 0.3 is 0 Å². The molecule has 17 heavy (non-hydrogen) atoms. The minimum absolute atomic E-state index is 0.110. The molecular formula is C12H20N4O. The van der Waals surface area contributed by atoms with Crippen LogP contribution in [0.1, 0.15) is 23.2 Å². The molecule has 1 N–H and O–H groups in total. The zero-order chi connectivity index (χ0) is 12.3. The molecule has 5 heteroatoms. The van der Waals surface area contributed by atoms with Gasteiger partial charge < -0.3 is 10.2 Å². The zero-order valence-electron chi connectivity index (χ0n) is 10.5. The summed E-state index contributed by atoms with van der Waals surface area (Å²) in [5, 5.41) is 7.23. The lowest BCUT2D eigenvalue weighted by atomic mass is 9.97. The van der Waals surface area contributed by atoms with Crippen molar-refractivity contribution in [1.82, 2.24) is 20.0 Å². The van der Waals surface area contributed by atoms with Gasteiger partial charge in [0.05, 0.1) is 11.8 Å². The lowest BCUT2D eigenvalue weighted by Gasteiger charge is -2.32. The van der Waals surface area contributed by atoms with Gasteiger partial charge in [-0.2, -0.15) is 5.10 Å². The number of rotatable bonds is 3. The average Bonchev–Trinajstić information content (AvgIpc) is 2.76. The van der Waals surface area contributed by atoms with Gasteiger partial charge in [-0.15, -0.1) is 0 Å². The first-order valence-electron chi connectivity index (χ1n) is 6.13. The van der Waals surface area contributed by atoms with Gasteiger partial charge in [0.15, 0.2) is 0 Å². The molecule has 1 aliphatic heterocycles. The van der Waals surface area contributed by atoms with E-state index in [1.807, 2.05) is 19.0 Å². The van der Waals surface area contributed by atoms with Crippen LogP contribution in [0.15, 0.2) is 12.4 Å². The van der Waals surface area contributed by atoms with E-state index in [1.165, 1.54) is 6.42 Å². The predicted molar refractivity (Wildman–Crippen MR) is 65.8 cm³/mol. The number of nitrogens with zero attached hydrogens (tertiary/aromatic N) is 3. The van der Waals surface area contributed by atoms with Crippen molar-refractivity contribution in [3.8, 4) is 0 Å². The Hall–Kier alpha value is -1.36. The Kier molecular flexibility index (Phi) is 3.78. The van der Waals surface area contributed by atoms with Crippen molar-refractivity contribution in [2.75, 3.05) is 26.7 Å². The Morgan fingerprint density at radius 3 is 3.12 bits per heavy atom. The van der Waals surface area contributed by atoms with Gasteiger partial charge in [-0.1, -0.05) is 0 Å². The first-order valence-corrected chi connectivity index (χ1v) is 6.13. The van der Waals surface area contributed by atoms with Gasteiger partial charge in [0.25, 0.3) is 5.91 Å². The van der Waals surface area contributed by atoms with Crippen LogP contribution in [0.25, 0.3) is 0 Å². The molecule has 1 unspecified atom stereocenters. The number of amides is 1. The lowest BCUT2D eigenvalue weighted by molar-refractivity contribution is 0.0674. The first-order chi connectivity index (χ1) is 8.20. The molecule has 1 aromatic heterocycles. The second-order valence-electron chi connectivity index (χ2n) is 4.72. The van der Waals surface area contributed by atoms with E-state index in [2.05, 4.69) is 10.4 Å². The molecule has 0 aromatic carbocycles. The monoisotopic (exact) mass is 236 g/mol. The van der Waals surface area contributed by atoms with Gasteiger partial charge in [0.1, 0.15) is 0 Å². The van der Waals surface area contributed by atoms with Crippen LogP contribution in [0.2, 0.25) is 0 Å². The number of aryl methyl sites for hydroxylation is 1. The van der Waals surface area contributed by atoms with Gasteiger partial charge in [-0.05, 0) is 32.4 Å². The summed E-state index contributed by atoms with van der Waals surface area (Å²) in [5.41, 5.74) is 0.692. The number of hydrogen-bond donors (Lipinski definition) is 1. The molecule has 0 saturated carbocycles. The van der Waals surface area contributed by atoms with E-state index in [4.69, 9.17) is 0 Å². The number of aromatic nitrogens is 2. The maximum atomic E-state index is 12.2. The molecule has 1 saturated heterocycles. The summed E-state index contributed by atoms with van der Waals surface area (Å²) in [7, 11) is 3.79. The second kappa shape index (κ2) is 5.31. The number of likely N-dealkylation sites (tertiary alicyclic amines) is 1. The number of hydrogen-bond acceptors (Lipinski definition) is 3. The maximum Gasteiger partial charge on any atom is 0.257 e. The van der Waals surface area contributed by atoms with Crippen molar-refractivity contribution in [3.05, 3.63) is 18.0 Å². The molecule has 1 atom stereocenters. The third-order valence-electron chi connectivity index (χ3n) is 3.25. The largest absolute Gasteiger partial charge is 0.338 e. The van der Waals surface area contributed by atoms with Crippen molar-refractivity contribution in [3.63, 3.8) is 0 Å². The van der Waals surface area contributed by atoms with Crippen molar-refractivity contribution in [1.29, 1.82) is 0 Å². The quantitative estimate of drug-likeness (QED) is 0.831. The number of carbonyl (C=O) groups is 1. The van der Waals surface area contributed by atoms with Crippen molar-refractivity contribution < 1.29 is 4.79 Å². The second-order valence-corrected chi connectivity index (χ2v) is 4.72. The van der Waals surface area contributed by atoms with Gasteiger partial charge in [0, 0.05) is 26.3 Å². The van der Waals surface area contributed by atoms with Crippen LogP contribution in [0, 0.1) is 5.92 Å². The van der Waals surface area contributed by atoms with Crippen LogP contribution >= 0.6 is 0 Å². The smallest absolute Gasteiger partial charge is 0.257 e. The topological polar surface area (TPSA) is 50.2 Å². The summed E-state index contributed by atoms with van der Waals surface area (Å²) in [4.78, 5) is 14.2. The molecule has 1 aliphatic rings. The highest BCUT2D eigenvalue weighted by atomic mass is 16.2. The highest BCUT2D eigenvalue weighted by Crippen LogP contribution is 2.17. The Morgan fingerprint density at radius 2 is 2.47 bits per heavy atom. The molecule has 2 rings (SSSR count). The van der Waals surface area contributed by atoms with E-state index in [1.54, 1.807) is 17.1 Å². The van der Waals surface area contributed by atoms with E-state index in [-0.39, 0.29) is 5.91 Å². The standard InChI is InChI=1S/C12H20N4O/c1-13-6-10-4-3-5-16(8-10)12(17)11-7-14-15(2)9-11/h7,9-10,13H,3-6,8H2,1-2H3. The number of carbonyl (C=O) groups excluding carboxylic acids is 1. The summed E-state index contributed by atoms with van der Waals surface area (Å²) in [6.45, 7) is 2.71. The molecule has 5 nitrogen and oxygen atoms in total. The number of nitrogens with one attached hydrogen (secondary N) is 1. The predicted octanol–water partition coefficient (Wildman–Crippen LogP) is 0.492. The average molecular weight is 236 g/mol. The maximum absolute atomic E-state index is 12.2. The van der Waals surface area contributed by atoms with Crippen molar-refractivity contribution in [2.45, 2.75) is 12.8 Å². The Morgan fingerprint density at radius 1 is 1.65 bits per heavy atom. The van der Waals surface area contributed by atoms with E-state index < -0.39 is 0 Å². The lowest BCUT2D eigenvalue weighted by Crippen LogP contribution is -2.42. The van der Waals surface area contributed by atoms with Gasteiger partial charge in [0.2, 0.25) is 0 Å². The molecule has 94 valence electrons. The number of piperidine rings is 1. The fourth-order valence-electron chi connectivity index (χ4n) is 2.42. The van der Waals surface area contributed by atoms with E-state index in [9.17, 15) is 4.79 Å². The van der Waals surface area contributed by atoms with Crippen LogP contribution in [0.3, 0.4) is 0 Å². The molecule has 0 bridgehead atoms. The van der Waals surface area contributed by atoms with Crippen molar-refractivity contribution >= 4 is 5.91 Å². The fraction of sp³-hybridized carbons (Fsp3) is 0.667. The van der Waals surface area contributed by atoms with Gasteiger partial charge in [-0.3, -0.25) is 9.48 Å². The molecule has 1 aromatic rings. The van der Waals surface area contributed by atoms with Gasteiger partial charge in [-0.25, -0.2) is 0 Å². The van der Waals surface area contributed by atoms with Crippen LogP contribution in [-0.2, 0) is 7.05 Å². The molecule has 0 spiro atoms. The fourth-order valence-corrected chi connectivity index (χ4v) is 2.42. The van der Waals surface area contributed by atoms with Crippen molar-refractivity contribution in [2.24, 2.45) is 13.0 Å². The Bertz CT molecular complexity index is 386. The van der Waals surface area contributed by atoms with Crippen LogP contribution < -0.4 is 5.32 Å². The summed E-state index contributed by atoms with van der Waals surface area (Å²) < 4.78 is 1.67. The first kappa shape index (κ1) is 12.1. The summed E-state index contributed by atoms with van der Waals surface area (Å²) in [5.74, 6) is 0.688. The van der Waals surface area contributed by atoms with Crippen LogP contribution in [0.5, 0.6) is 0 Å². The highest BCUT2D eigenvalue weighted by molar-refractivity contribution is 5.93. The van der Waals surface area contributed by atoms with Crippen LogP contribution in [0.4, 0.5) is 0 Å². The summed E-state index contributed by atoms with van der Waals surface area (Å²) in [6.07, 6.45) is 5.73. The zero-order valence-corrected chi connectivity index (χ0v) is 10.5. The summed E-state index contributed by atoms with van der Waals surface area (Å²) in [6, 6.07) is 0. The van der Waals surface area contributed by atoms with E-state index in [0.717, 1.165) is 26.1 Å². The Balaban J connectivity index is 1.99. The summed E-state index contributed by atoms with van der Waals surface area (Å²) >= 11 is 0. The molecule has 1 amide bonds. The van der Waals surface area contributed by atoms with E-state index in [0.29, 0.717) is 11.5 Å². The Labute approximate surface area is 102 Å². The third kappa shape index (κ3) is 2.85. The van der Waals surface area contributed by atoms with Crippen LogP contribution in [-0.4, -0.2) is 47.3 Å². The molecule has 1 fully saturated rings. The molecule has 2 heterocycles. The van der Waals surface area contributed by atoms with E-state index >= 15 is 0 Å².